The molecule has 0 atom stereocenters. The number of aromatic nitrogens is 1. The Morgan fingerprint density at radius 2 is 1.76 bits per heavy atom. The zero-order valence-corrected chi connectivity index (χ0v) is 12.0. The van der Waals surface area contributed by atoms with Gasteiger partial charge in [0, 0.05) is 24.9 Å². The van der Waals surface area contributed by atoms with Crippen LogP contribution in [0, 0.1) is 20.2 Å². The van der Waals surface area contributed by atoms with Crippen molar-refractivity contribution in [3.63, 3.8) is 0 Å². The van der Waals surface area contributed by atoms with E-state index in [9.17, 15) is 25.0 Å². The number of benzene rings is 1. The molecule has 8 nitrogen and oxygen atoms in total. The molecule has 0 aliphatic rings. The fourth-order valence-corrected chi connectivity index (χ4v) is 2.15. The molecule has 0 saturated heterocycles. The van der Waals surface area contributed by atoms with Crippen LogP contribution < -0.4 is 5.43 Å². The van der Waals surface area contributed by atoms with Gasteiger partial charge in [0.05, 0.1) is 20.5 Å². The molecule has 1 heterocycles. The first-order valence-electron chi connectivity index (χ1n) is 5.66. The highest BCUT2D eigenvalue weighted by atomic mass is 79.9. The van der Waals surface area contributed by atoms with Crippen LogP contribution in [-0.4, -0.2) is 14.4 Å². The fourth-order valence-electron chi connectivity index (χ4n) is 1.76. The molecule has 0 radical (unpaired) electrons. The fraction of sp³-hybridized carbons (Fsp3) is 0.0833. The van der Waals surface area contributed by atoms with Crippen LogP contribution in [0.25, 0.3) is 0 Å². The molecular formula is C12H8BrN3O5. The Balaban J connectivity index is 2.37. The first-order valence-corrected chi connectivity index (χ1v) is 6.45. The van der Waals surface area contributed by atoms with Crippen molar-refractivity contribution in [3.8, 4) is 0 Å². The summed E-state index contributed by atoms with van der Waals surface area (Å²) in [6.07, 6.45) is 2.50. The number of nitro benzene ring substituents is 1. The van der Waals surface area contributed by atoms with Crippen LogP contribution in [0.2, 0.25) is 0 Å². The molecule has 21 heavy (non-hydrogen) atoms. The first-order chi connectivity index (χ1) is 9.88. The quantitative estimate of drug-likeness (QED) is 0.619. The molecule has 0 amide bonds. The Hall–Kier alpha value is -2.55. The lowest BCUT2D eigenvalue weighted by molar-refractivity contribution is -0.386. The average Bonchev–Trinajstić information content (AvgIpc) is 2.42. The second-order valence-corrected chi connectivity index (χ2v) is 5.02. The summed E-state index contributed by atoms with van der Waals surface area (Å²) in [5.74, 6) is 0. The van der Waals surface area contributed by atoms with E-state index in [1.54, 1.807) is 6.07 Å². The topological polar surface area (TPSA) is 108 Å². The lowest BCUT2D eigenvalue weighted by Gasteiger charge is -2.06. The van der Waals surface area contributed by atoms with Crippen molar-refractivity contribution in [3.05, 3.63) is 77.1 Å². The molecular weight excluding hydrogens is 346 g/mol. The Kier molecular flexibility index (Phi) is 4.13. The molecule has 0 fully saturated rings. The van der Waals surface area contributed by atoms with Crippen molar-refractivity contribution < 1.29 is 9.85 Å². The van der Waals surface area contributed by atoms with Gasteiger partial charge in [-0.3, -0.25) is 25.0 Å². The van der Waals surface area contributed by atoms with Gasteiger partial charge in [0.1, 0.15) is 0 Å². The second-order valence-electron chi connectivity index (χ2n) is 4.17. The third-order valence-corrected chi connectivity index (χ3v) is 3.40. The minimum absolute atomic E-state index is 0.0944. The highest BCUT2D eigenvalue weighted by molar-refractivity contribution is 9.10. The smallest absolute Gasteiger partial charge is 0.332 e. The minimum Gasteiger partial charge on any atom is -0.344 e. The van der Waals surface area contributed by atoms with E-state index >= 15 is 0 Å². The lowest BCUT2D eigenvalue weighted by Crippen LogP contribution is -2.11. The molecule has 0 bridgehead atoms. The molecule has 0 unspecified atom stereocenters. The van der Waals surface area contributed by atoms with Crippen LogP contribution in [0.4, 0.5) is 11.4 Å². The van der Waals surface area contributed by atoms with Crippen molar-refractivity contribution in [1.29, 1.82) is 0 Å². The summed E-state index contributed by atoms with van der Waals surface area (Å²) in [5, 5.41) is 21.6. The Labute approximate surface area is 126 Å². The largest absolute Gasteiger partial charge is 0.344 e. The molecule has 2 rings (SSSR count). The van der Waals surface area contributed by atoms with Gasteiger partial charge < -0.3 is 4.57 Å². The van der Waals surface area contributed by atoms with E-state index in [0.717, 1.165) is 12.3 Å². The normalized spacial score (nSPS) is 10.3. The van der Waals surface area contributed by atoms with E-state index in [-0.39, 0.29) is 12.2 Å². The molecule has 9 heteroatoms. The van der Waals surface area contributed by atoms with Gasteiger partial charge in [0.15, 0.2) is 0 Å². The van der Waals surface area contributed by atoms with E-state index in [2.05, 4.69) is 15.9 Å². The molecule has 1 aromatic carbocycles. The summed E-state index contributed by atoms with van der Waals surface area (Å²) in [6, 6.07) is 5.64. The van der Waals surface area contributed by atoms with Crippen LogP contribution in [0.1, 0.15) is 5.56 Å². The standard InChI is InChI=1S/C12H8BrN3O5/c13-9-2-1-8(5-10(9)15(18)19)6-14-4-3-12(17)11(7-14)16(20)21/h1-5,7H,6H2. The number of halogens is 1. The summed E-state index contributed by atoms with van der Waals surface area (Å²) in [6.45, 7) is 0.176. The molecule has 108 valence electrons. The van der Waals surface area contributed by atoms with Crippen LogP contribution in [-0.2, 0) is 6.54 Å². The van der Waals surface area contributed by atoms with Gasteiger partial charge in [-0.05, 0) is 27.6 Å². The molecule has 0 N–H and O–H groups in total. The first kappa shape index (κ1) is 14.9. The van der Waals surface area contributed by atoms with Crippen molar-refractivity contribution in [2.75, 3.05) is 0 Å². The number of hydrogen-bond donors (Lipinski definition) is 0. The lowest BCUT2D eigenvalue weighted by atomic mass is 10.2. The van der Waals surface area contributed by atoms with Crippen molar-refractivity contribution >= 4 is 27.3 Å². The summed E-state index contributed by atoms with van der Waals surface area (Å²) >= 11 is 3.08. The van der Waals surface area contributed by atoms with Gasteiger partial charge in [-0.1, -0.05) is 6.07 Å². The van der Waals surface area contributed by atoms with Gasteiger partial charge in [-0.15, -0.1) is 0 Å². The van der Waals surface area contributed by atoms with Gasteiger partial charge >= 0.3 is 5.69 Å². The third-order valence-electron chi connectivity index (χ3n) is 2.73. The molecule has 0 saturated carbocycles. The monoisotopic (exact) mass is 353 g/mol. The van der Waals surface area contributed by atoms with Crippen LogP contribution in [0.15, 0.2) is 45.9 Å². The van der Waals surface area contributed by atoms with Crippen LogP contribution in [0.3, 0.4) is 0 Å². The predicted octanol–water partition coefficient (Wildman–Crippen LogP) is 2.48. The van der Waals surface area contributed by atoms with Crippen molar-refractivity contribution in [2.24, 2.45) is 0 Å². The zero-order valence-electron chi connectivity index (χ0n) is 10.4. The van der Waals surface area contributed by atoms with E-state index < -0.39 is 21.0 Å². The number of nitrogens with zero attached hydrogens (tertiary/aromatic N) is 3. The SMILES string of the molecule is O=c1ccn(Cc2ccc(Br)c([N+](=O)[O-])c2)cc1[N+](=O)[O-]. The predicted molar refractivity (Wildman–Crippen MR) is 77.3 cm³/mol. The summed E-state index contributed by atoms with van der Waals surface area (Å²) < 4.78 is 1.77. The molecule has 0 aliphatic heterocycles. The maximum Gasteiger partial charge on any atom is 0.332 e. The van der Waals surface area contributed by atoms with Gasteiger partial charge in [-0.25, -0.2) is 0 Å². The Morgan fingerprint density at radius 3 is 2.38 bits per heavy atom. The highest BCUT2D eigenvalue weighted by Gasteiger charge is 2.14. The number of hydrogen-bond acceptors (Lipinski definition) is 5. The van der Waals surface area contributed by atoms with Crippen LogP contribution in [0.5, 0.6) is 0 Å². The third kappa shape index (κ3) is 3.31. The van der Waals surface area contributed by atoms with E-state index in [4.69, 9.17) is 0 Å². The van der Waals surface area contributed by atoms with Crippen LogP contribution >= 0.6 is 15.9 Å². The average molecular weight is 354 g/mol. The van der Waals surface area contributed by atoms with E-state index in [1.165, 1.54) is 22.9 Å². The summed E-state index contributed by atoms with van der Waals surface area (Å²) in [5.41, 5.74) is -0.729. The Bertz CT molecular complexity index is 787. The van der Waals surface area contributed by atoms with E-state index in [0.29, 0.717) is 10.0 Å². The van der Waals surface area contributed by atoms with Gasteiger partial charge in [-0.2, -0.15) is 0 Å². The number of rotatable bonds is 4. The zero-order chi connectivity index (χ0) is 15.6. The summed E-state index contributed by atoms with van der Waals surface area (Å²) in [7, 11) is 0. The molecule has 1 aromatic heterocycles. The Morgan fingerprint density at radius 1 is 1.10 bits per heavy atom. The molecule has 0 aliphatic carbocycles. The van der Waals surface area contributed by atoms with Crippen molar-refractivity contribution in [2.45, 2.75) is 6.54 Å². The minimum atomic E-state index is -0.761. The number of nitro groups is 2. The van der Waals surface area contributed by atoms with Gasteiger partial charge in [0.2, 0.25) is 0 Å². The maximum absolute atomic E-state index is 11.3. The van der Waals surface area contributed by atoms with Crippen molar-refractivity contribution in [1.82, 2.24) is 4.57 Å². The van der Waals surface area contributed by atoms with Gasteiger partial charge in [0.25, 0.3) is 11.1 Å². The second kappa shape index (κ2) is 5.83. The highest BCUT2D eigenvalue weighted by Crippen LogP contribution is 2.26. The molecule has 0 spiro atoms. The maximum atomic E-state index is 11.3. The van der Waals surface area contributed by atoms with E-state index in [1.807, 2.05) is 0 Å². The number of pyridine rings is 1. The summed E-state index contributed by atoms with van der Waals surface area (Å²) in [4.78, 5) is 31.6. The molecule has 2 aromatic rings.